The van der Waals surface area contributed by atoms with Crippen LogP contribution < -0.4 is 10.6 Å². The fourth-order valence-corrected chi connectivity index (χ4v) is 0.983. The van der Waals surface area contributed by atoms with Crippen molar-refractivity contribution in [3.05, 3.63) is 37.1 Å². The quantitative estimate of drug-likeness (QED) is 0.685. The van der Waals surface area contributed by atoms with Crippen molar-refractivity contribution in [1.29, 1.82) is 0 Å². The number of carbonyl (C=O) groups excluding carboxylic acids is 1. The molecule has 2 amide bonds. The van der Waals surface area contributed by atoms with Gasteiger partial charge in [0.15, 0.2) is 0 Å². The molecule has 3 N–H and O–H groups in total. The van der Waals surface area contributed by atoms with Crippen molar-refractivity contribution in [3.8, 4) is 0 Å². The van der Waals surface area contributed by atoms with Gasteiger partial charge in [-0.25, -0.2) is 9.59 Å². The Bertz CT molecular complexity index is 400. The van der Waals surface area contributed by atoms with Gasteiger partial charge in [-0.15, -0.1) is 0 Å². The second kappa shape index (κ2) is 5.40. The number of amides is 2. The van der Waals surface area contributed by atoms with Crippen LogP contribution in [0.2, 0.25) is 0 Å². The van der Waals surface area contributed by atoms with Crippen LogP contribution in [0, 0.1) is 0 Å². The van der Waals surface area contributed by atoms with Gasteiger partial charge in [-0.1, -0.05) is 6.58 Å². The van der Waals surface area contributed by atoms with Crippen LogP contribution in [0.15, 0.2) is 37.1 Å². The summed E-state index contributed by atoms with van der Waals surface area (Å²) in [5.41, 5.74) is 0.901. The van der Waals surface area contributed by atoms with Crippen LogP contribution in [-0.4, -0.2) is 17.3 Å². The lowest BCUT2D eigenvalue weighted by Crippen LogP contribution is -2.11. The van der Waals surface area contributed by atoms with E-state index in [1.807, 2.05) is 0 Å². The third-order valence-corrected chi connectivity index (χ3v) is 1.57. The van der Waals surface area contributed by atoms with E-state index in [0.29, 0.717) is 11.4 Å². The van der Waals surface area contributed by atoms with Gasteiger partial charge in [0.1, 0.15) is 0 Å². The summed E-state index contributed by atoms with van der Waals surface area (Å²) in [4.78, 5) is 21.3. The minimum atomic E-state index is -1.15. The molecule has 6 nitrogen and oxygen atoms in total. The van der Waals surface area contributed by atoms with E-state index in [1.54, 1.807) is 0 Å². The highest BCUT2D eigenvalue weighted by atomic mass is 16.5. The Morgan fingerprint density at radius 3 is 2.12 bits per heavy atom. The predicted octanol–water partition coefficient (Wildman–Crippen LogP) is 2.47. The maximum absolute atomic E-state index is 11.0. The van der Waals surface area contributed by atoms with Crippen molar-refractivity contribution in [2.75, 3.05) is 10.6 Å². The summed E-state index contributed by atoms with van der Waals surface area (Å²) < 4.78 is 4.44. The molecule has 0 aliphatic carbocycles. The number of hydrogen-bond donors (Lipinski definition) is 3. The molecule has 16 heavy (non-hydrogen) atoms. The van der Waals surface area contributed by atoms with Crippen molar-refractivity contribution >= 4 is 23.6 Å². The zero-order chi connectivity index (χ0) is 12.0. The first-order valence-corrected chi connectivity index (χ1v) is 4.30. The minimum absolute atomic E-state index is 0.412. The summed E-state index contributed by atoms with van der Waals surface area (Å²) in [6.07, 6.45) is -0.795. The fourth-order valence-electron chi connectivity index (χ4n) is 0.983. The third kappa shape index (κ3) is 3.70. The topological polar surface area (TPSA) is 87.7 Å². The first kappa shape index (κ1) is 11.6. The van der Waals surface area contributed by atoms with Crippen LogP contribution in [0.4, 0.5) is 21.0 Å². The van der Waals surface area contributed by atoms with E-state index in [2.05, 4.69) is 21.9 Å². The average Bonchev–Trinajstić information content (AvgIpc) is 2.20. The Labute approximate surface area is 91.5 Å². The fraction of sp³-hybridized carbons (Fsp3) is 0. The Morgan fingerprint density at radius 1 is 1.19 bits per heavy atom. The lowest BCUT2D eigenvalue weighted by atomic mass is 10.3. The zero-order valence-electron chi connectivity index (χ0n) is 8.27. The van der Waals surface area contributed by atoms with E-state index < -0.39 is 12.2 Å². The Morgan fingerprint density at radius 2 is 1.69 bits per heavy atom. The molecule has 0 aliphatic heterocycles. The van der Waals surface area contributed by atoms with Gasteiger partial charge >= 0.3 is 12.2 Å². The molecule has 0 bridgehead atoms. The molecule has 84 valence electrons. The molecule has 0 saturated heterocycles. The van der Waals surface area contributed by atoms with E-state index in [9.17, 15) is 9.59 Å². The first-order chi connectivity index (χ1) is 7.61. The smallest absolute Gasteiger partial charge is 0.416 e. The summed E-state index contributed by atoms with van der Waals surface area (Å²) in [7, 11) is 0. The largest absolute Gasteiger partial charge is 0.465 e. The number of hydrogen-bond acceptors (Lipinski definition) is 3. The SMILES string of the molecule is C=COC(=O)Nc1ccc(NC(=O)O)cc1. The number of carboxylic acid groups (broad SMARTS) is 1. The van der Waals surface area contributed by atoms with Gasteiger partial charge in [-0.2, -0.15) is 0 Å². The Balaban J connectivity index is 2.60. The number of anilines is 2. The lowest BCUT2D eigenvalue weighted by Gasteiger charge is -2.04. The molecular formula is C10H10N2O4. The van der Waals surface area contributed by atoms with E-state index in [-0.39, 0.29) is 0 Å². The molecule has 0 unspecified atom stereocenters. The van der Waals surface area contributed by atoms with Crippen LogP contribution in [-0.2, 0) is 4.74 Å². The molecule has 0 aromatic heterocycles. The first-order valence-electron chi connectivity index (χ1n) is 4.30. The van der Waals surface area contributed by atoms with Crippen molar-refractivity contribution in [1.82, 2.24) is 0 Å². The summed E-state index contributed by atoms with van der Waals surface area (Å²) in [5, 5.41) is 13.0. The zero-order valence-corrected chi connectivity index (χ0v) is 8.27. The van der Waals surface area contributed by atoms with Crippen molar-refractivity contribution in [2.45, 2.75) is 0 Å². The van der Waals surface area contributed by atoms with Gasteiger partial charge in [-0.05, 0) is 24.3 Å². The van der Waals surface area contributed by atoms with Crippen LogP contribution in [0.5, 0.6) is 0 Å². The predicted molar refractivity (Wildman–Crippen MR) is 58.4 cm³/mol. The minimum Gasteiger partial charge on any atom is -0.465 e. The summed E-state index contributed by atoms with van der Waals surface area (Å²) >= 11 is 0. The summed E-state index contributed by atoms with van der Waals surface area (Å²) in [6.45, 7) is 3.23. The van der Waals surface area contributed by atoms with Crippen molar-refractivity contribution < 1.29 is 19.4 Å². The molecule has 0 aliphatic rings. The molecular weight excluding hydrogens is 212 g/mol. The molecule has 1 aromatic carbocycles. The molecule has 0 radical (unpaired) electrons. The molecule has 1 aromatic rings. The Hall–Kier alpha value is -2.50. The monoisotopic (exact) mass is 222 g/mol. The van der Waals surface area contributed by atoms with E-state index in [1.165, 1.54) is 24.3 Å². The normalized spacial score (nSPS) is 9.00. The lowest BCUT2D eigenvalue weighted by molar-refractivity contribution is 0.201. The standard InChI is InChI=1S/C10H10N2O4/c1-2-16-10(15)12-8-5-3-7(4-6-8)11-9(13)14/h2-6,11H,1H2,(H,12,15)(H,13,14). The van der Waals surface area contributed by atoms with Gasteiger partial charge in [0, 0.05) is 11.4 Å². The van der Waals surface area contributed by atoms with Gasteiger partial charge < -0.3 is 9.84 Å². The average molecular weight is 222 g/mol. The molecule has 0 fully saturated rings. The van der Waals surface area contributed by atoms with E-state index >= 15 is 0 Å². The molecule has 0 spiro atoms. The molecule has 1 rings (SSSR count). The maximum atomic E-state index is 11.0. The second-order valence-electron chi connectivity index (χ2n) is 2.70. The number of ether oxygens (including phenoxy) is 1. The maximum Gasteiger partial charge on any atom is 0.416 e. The number of nitrogens with one attached hydrogen (secondary N) is 2. The highest BCUT2D eigenvalue weighted by molar-refractivity contribution is 5.86. The van der Waals surface area contributed by atoms with Crippen molar-refractivity contribution in [2.24, 2.45) is 0 Å². The van der Waals surface area contributed by atoms with Gasteiger partial charge in [0.2, 0.25) is 0 Å². The van der Waals surface area contributed by atoms with Crippen LogP contribution >= 0.6 is 0 Å². The molecule has 0 heterocycles. The van der Waals surface area contributed by atoms with Gasteiger partial charge in [0.05, 0.1) is 6.26 Å². The Kier molecular flexibility index (Phi) is 3.90. The number of carbonyl (C=O) groups is 2. The second-order valence-corrected chi connectivity index (χ2v) is 2.70. The van der Waals surface area contributed by atoms with Crippen LogP contribution in [0.1, 0.15) is 0 Å². The number of benzene rings is 1. The van der Waals surface area contributed by atoms with Crippen LogP contribution in [0.25, 0.3) is 0 Å². The highest BCUT2D eigenvalue weighted by Crippen LogP contribution is 2.13. The summed E-state index contributed by atoms with van der Waals surface area (Å²) in [5.74, 6) is 0. The molecule has 6 heteroatoms. The summed E-state index contributed by atoms with van der Waals surface area (Å²) in [6, 6.07) is 6.10. The van der Waals surface area contributed by atoms with E-state index in [4.69, 9.17) is 5.11 Å². The van der Waals surface area contributed by atoms with Crippen LogP contribution in [0.3, 0.4) is 0 Å². The van der Waals surface area contributed by atoms with Crippen molar-refractivity contribution in [3.63, 3.8) is 0 Å². The molecule has 0 saturated carbocycles. The highest BCUT2D eigenvalue weighted by Gasteiger charge is 2.01. The molecule has 0 atom stereocenters. The van der Waals surface area contributed by atoms with E-state index in [0.717, 1.165) is 6.26 Å². The number of rotatable bonds is 3. The van der Waals surface area contributed by atoms with Gasteiger partial charge in [0.25, 0.3) is 0 Å². The third-order valence-electron chi connectivity index (χ3n) is 1.57. The van der Waals surface area contributed by atoms with Gasteiger partial charge in [-0.3, -0.25) is 10.6 Å².